The quantitative estimate of drug-likeness (QED) is 0.376. The fourth-order valence-electron chi connectivity index (χ4n) is 3.17. The van der Waals surface area contributed by atoms with Gasteiger partial charge in [-0.1, -0.05) is 37.5 Å². The van der Waals surface area contributed by atoms with Gasteiger partial charge in [0.1, 0.15) is 11.6 Å². The number of ether oxygens (including phenoxy) is 1. The third kappa shape index (κ3) is 2.96. The molecule has 1 atom stereocenters. The second kappa shape index (κ2) is 6.27. The van der Waals surface area contributed by atoms with E-state index in [4.69, 9.17) is 15.6 Å². The average molecular weight is 273 g/mol. The van der Waals surface area contributed by atoms with Gasteiger partial charge in [0, 0.05) is 0 Å². The van der Waals surface area contributed by atoms with Gasteiger partial charge >= 0.3 is 0 Å². The molecule has 108 valence electrons. The molecule has 0 radical (unpaired) electrons. The van der Waals surface area contributed by atoms with Crippen LogP contribution in [0.3, 0.4) is 0 Å². The topological polar surface area (TPSA) is 59.6 Å². The van der Waals surface area contributed by atoms with Gasteiger partial charge in [0.15, 0.2) is 0 Å². The van der Waals surface area contributed by atoms with Crippen LogP contribution in [0.5, 0.6) is 5.75 Å². The zero-order chi connectivity index (χ0) is 13.8. The van der Waals surface area contributed by atoms with Crippen LogP contribution in [0.1, 0.15) is 37.7 Å². The maximum absolute atomic E-state index is 5.83. The van der Waals surface area contributed by atoms with Gasteiger partial charge in [-0.3, -0.25) is 4.99 Å². The number of rotatable bonds is 2. The van der Waals surface area contributed by atoms with Gasteiger partial charge < -0.3 is 10.2 Å². The van der Waals surface area contributed by atoms with Gasteiger partial charge in [0.2, 0.25) is 0 Å². The Labute approximate surface area is 120 Å². The summed E-state index contributed by atoms with van der Waals surface area (Å²) < 4.78 is 5.83. The van der Waals surface area contributed by atoms with E-state index in [1.165, 1.54) is 37.7 Å². The second-order valence-corrected chi connectivity index (χ2v) is 5.77. The molecule has 4 heteroatoms. The van der Waals surface area contributed by atoms with Crippen molar-refractivity contribution in [2.24, 2.45) is 16.8 Å². The first kappa shape index (κ1) is 13.4. The molecule has 1 aromatic carbocycles. The molecular weight excluding hydrogens is 250 g/mol. The number of hydrogen-bond donors (Lipinski definition) is 2. The van der Waals surface area contributed by atoms with Crippen LogP contribution in [0.4, 0.5) is 0 Å². The summed E-state index contributed by atoms with van der Waals surface area (Å²) in [6, 6.07) is 8.65. The number of hydrogen-bond acceptors (Lipinski definition) is 3. The van der Waals surface area contributed by atoms with Gasteiger partial charge in [0.25, 0.3) is 0 Å². The van der Waals surface area contributed by atoms with Gasteiger partial charge in [-0.05, 0) is 30.9 Å². The summed E-state index contributed by atoms with van der Waals surface area (Å²) >= 11 is 0. The van der Waals surface area contributed by atoms with Crippen LogP contribution in [-0.4, -0.2) is 18.5 Å². The zero-order valence-electron chi connectivity index (χ0n) is 11.8. The van der Waals surface area contributed by atoms with Gasteiger partial charge in [-0.2, -0.15) is 0 Å². The lowest BCUT2D eigenvalue weighted by Crippen LogP contribution is -2.42. The molecule has 3 rings (SSSR count). The van der Waals surface area contributed by atoms with Gasteiger partial charge in [-0.25, -0.2) is 5.84 Å². The number of amidine groups is 1. The molecule has 20 heavy (non-hydrogen) atoms. The number of para-hydroxylation sites is 1. The number of nitrogens with two attached hydrogens (primary N) is 1. The van der Waals surface area contributed by atoms with Crippen LogP contribution < -0.4 is 16.0 Å². The molecule has 0 aromatic heterocycles. The fraction of sp³-hybridized carbons (Fsp3) is 0.562. The van der Waals surface area contributed by atoms with Crippen LogP contribution in [0, 0.1) is 5.92 Å². The van der Waals surface area contributed by atoms with Crippen molar-refractivity contribution in [3.63, 3.8) is 0 Å². The number of nitrogens with zero attached hydrogens (tertiary/aromatic N) is 1. The third-order valence-electron chi connectivity index (χ3n) is 4.31. The summed E-state index contributed by atoms with van der Waals surface area (Å²) in [5.41, 5.74) is 4.07. The van der Waals surface area contributed by atoms with E-state index in [1.807, 2.05) is 12.1 Å². The minimum absolute atomic E-state index is 0.247. The minimum Gasteiger partial charge on any atom is -0.493 e. The smallest absolute Gasteiger partial charge is 0.122 e. The molecule has 3 N–H and O–H groups in total. The molecule has 1 fully saturated rings. The molecule has 0 bridgehead atoms. The summed E-state index contributed by atoms with van der Waals surface area (Å²) in [5.74, 6) is 7.86. The largest absolute Gasteiger partial charge is 0.493 e. The Morgan fingerprint density at radius 2 is 2.00 bits per heavy atom. The van der Waals surface area contributed by atoms with Gasteiger partial charge in [-0.15, -0.1) is 0 Å². The Balaban J connectivity index is 1.72. The van der Waals surface area contributed by atoms with E-state index in [-0.39, 0.29) is 5.92 Å². The zero-order valence-corrected chi connectivity index (χ0v) is 11.8. The lowest BCUT2D eigenvalue weighted by Gasteiger charge is -2.27. The van der Waals surface area contributed by atoms with Crippen molar-refractivity contribution in [2.75, 3.05) is 6.61 Å². The monoisotopic (exact) mass is 273 g/mol. The van der Waals surface area contributed by atoms with Crippen molar-refractivity contribution in [3.8, 4) is 5.75 Å². The average Bonchev–Trinajstić information content (AvgIpc) is 2.53. The summed E-state index contributed by atoms with van der Waals surface area (Å²) in [6.45, 7) is 0.659. The molecule has 1 aromatic rings. The van der Waals surface area contributed by atoms with Gasteiger partial charge in [0.05, 0.1) is 18.6 Å². The number of benzene rings is 1. The Bertz CT molecular complexity index is 480. The molecule has 1 unspecified atom stereocenters. The Hall–Kier alpha value is -1.55. The van der Waals surface area contributed by atoms with Crippen molar-refractivity contribution < 1.29 is 4.74 Å². The van der Waals surface area contributed by atoms with Crippen molar-refractivity contribution in [2.45, 2.75) is 44.6 Å². The Morgan fingerprint density at radius 1 is 1.20 bits per heavy atom. The van der Waals surface area contributed by atoms with E-state index in [0.717, 1.165) is 18.0 Å². The molecule has 1 saturated carbocycles. The maximum Gasteiger partial charge on any atom is 0.122 e. The van der Waals surface area contributed by atoms with Crippen molar-refractivity contribution in [3.05, 3.63) is 29.8 Å². The standard InChI is InChI=1S/C16H23N3O/c17-19-16(18-14-7-2-1-3-8-14)13-10-12-6-4-5-9-15(12)20-11-13/h4-6,9,13-14H,1-3,7-8,10-11,17H2,(H,18,19). The molecule has 2 aliphatic rings. The molecule has 0 amide bonds. The van der Waals surface area contributed by atoms with Crippen molar-refractivity contribution >= 4 is 5.84 Å². The SMILES string of the molecule is NNC(=NC1CCCCC1)C1COc2ccccc2C1. The van der Waals surface area contributed by atoms with E-state index in [2.05, 4.69) is 17.6 Å². The highest BCUT2D eigenvalue weighted by molar-refractivity contribution is 5.85. The summed E-state index contributed by atoms with van der Waals surface area (Å²) in [6.07, 6.45) is 7.25. The third-order valence-corrected chi connectivity index (χ3v) is 4.31. The van der Waals surface area contributed by atoms with E-state index in [9.17, 15) is 0 Å². The minimum atomic E-state index is 0.247. The lowest BCUT2D eigenvalue weighted by molar-refractivity contribution is 0.256. The van der Waals surface area contributed by atoms with Crippen molar-refractivity contribution in [1.82, 2.24) is 5.43 Å². The fourth-order valence-corrected chi connectivity index (χ4v) is 3.17. The Kier molecular flexibility index (Phi) is 4.21. The number of aliphatic imine (C=N–C) groups is 1. The number of nitrogens with one attached hydrogen (secondary N) is 1. The highest BCUT2D eigenvalue weighted by atomic mass is 16.5. The number of hydrazine groups is 1. The molecule has 0 saturated heterocycles. The first-order valence-corrected chi connectivity index (χ1v) is 7.62. The van der Waals surface area contributed by atoms with E-state index in [0.29, 0.717) is 12.6 Å². The Morgan fingerprint density at radius 3 is 2.80 bits per heavy atom. The van der Waals surface area contributed by atoms with Crippen LogP contribution in [0.2, 0.25) is 0 Å². The predicted octanol–water partition coefficient (Wildman–Crippen LogP) is 2.43. The normalized spacial score (nSPS) is 23.9. The van der Waals surface area contributed by atoms with Crippen LogP contribution in [0.25, 0.3) is 0 Å². The molecular formula is C16H23N3O. The molecule has 4 nitrogen and oxygen atoms in total. The molecule has 1 aliphatic carbocycles. The van der Waals surface area contributed by atoms with Crippen LogP contribution >= 0.6 is 0 Å². The molecule has 1 heterocycles. The predicted molar refractivity (Wildman–Crippen MR) is 80.8 cm³/mol. The van der Waals surface area contributed by atoms with E-state index < -0.39 is 0 Å². The van der Waals surface area contributed by atoms with Crippen LogP contribution in [0.15, 0.2) is 29.3 Å². The highest BCUT2D eigenvalue weighted by Gasteiger charge is 2.25. The highest BCUT2D eigenvalue weighted by Crippen LogP contribution is 2.28. The molecule has 1 aliphatic heterocycles. The summed E-state index contributed by atoms with van der Waals surface area (Å²) in [5, 5.41) is 0. The first-order chi connectivity index (χ1) is 9.86. The van der Waals surface area contributed by atoms with Crippen LogP contribution in [-0.2, 0) is 6.42 Å². The van der Waals surface area contributed by atoms with E-state index in [1.54, 1.807) is 0 Å². The maximum atomic E-state index is 5.83. The molecule has 0 spiro atoms. The van der Waals surface area contributed by atoms with Crippen molar-refractivity contribution in [1.29, 1.82) is 0 Å². The summed E-state index contributed by atoms with van der Waals surface area (Å²) in [4.78, 5) is 4.85. The summed E-state index contributed by atoms with van der Waals surface area (Å²) in [7, 11) is 0. The number of fused-ring (bicyclic) bond motifs is 1. The first-order valence-electron chi connectivity index (χ1n) is 7.62. The second-order valence-electron chi connectivity index (χ2n) is 5.77. The van der Waals surface area contributed by atoms with E-state index >= 15 is 0 Å². The lowest BCUT2D eigenvalue weighted by atomic mass is 9.93.